The summed E-state index contributed by atoms with van der Waals surface area (Å²) in [5.74, 6) is 3.11. The van der Waals surface area contributed by atoms with E-state index in [1.54, 1.807) is 0 Å². The van der Waals surface area contributed by atoms with Crippen LogP contribution in [0.4, 0.5) is 0 Å². The fourth-order valence-electron chi connectivity index (χ4n) is 5.16. The van der Waals surface area contributed by atoms with Gasteiger partial charge in [0.05, 0.1) is 5.54 Å². The number of rotatable bonds is 3. The summed E-state index contributed by atoms with van der Waals surface area (Å²) in [4.78, 5) is 2.73. The standard InChI is InChI=1S/C19H28N2/c1-19(18-5-3-2-4-6-18)14-21(10-9-20-19)13-17-12-15-7-8-16(17)11-15/h2-6,15-17,20H,7-14H2,1H3. The molecule has 2 heteroatoms. The molecule has 2 nitrogen and oxygen atoms in total. The van der Waals surface area contributed by atoms with Crippen LogP contribution in [-0.4, -0.2) is 31.1 Å². The number of hydrogen-bond donors (Lipinski definition) is 1. The van der Waals surface area contributed by atoms with Crippen LogP contribution in [0.2, 0.25) is 0 Å². The topological polar surface area (TPSA) is 15.3 Å². The first-order valence-corrected chi connectivity index (χ1v) is 8.76. The molecule has 114 valence electrons. The van der Waals surface area contributed by atoms with Crippen molar-refractivity contribution in [3.63, 3.8) is 0 Å². The van der Waals surface area contributed by atoms with Gasteiger partial charge in [0, 0.05) is 26.2 Å². The van der Waals surface area contributed by atoms with Crippen LogP contribution in [0, 0.1) is 17.8 Å². The highest BCUT2D eigenvalue weighted by Gasteiger charge is 2.41. The van der Waals surface area contributed by atoms with Crippen LogP contribution in [0.3, 0.4) is 0 Å². The second-order valence-electron chi connectivity index (χ2n) is 7.79. The van der Waals surface area contributed by atoms with Crippen molar-refractivity contribution in [3.05, 3.63) is 35.9 Å². The van der Waals surface area contributed by atoms with Crippen molar-refractivity contribution in [1.29, 1.82) is 0 Å². The van der Waals surface area contributed by atoms with Crippen molar-refractivity contribution in [1.82, 2.24) is 10.2 Å². The summed E-state index contributed by atoms with van der Waals surface area (Å²) >= 11 is 0. The molecule has 4 unspecified atom stereocenters. The Morgan fingerprint density at radius 1 is 1.19 bits per heavy atom. The van der Waals surface area contributed by atoms with Crippen LogP contribution >= 0.6 is 0 Å². The van der Waals surface area contributed by atoms with E-state index in [2.05, 4.69) is 47.5 Å². The molecular weight excluding hydrogens is 256 g/mol. The fraction of sp³-hybridized carbons (Fsp3) is 0.684. The Kier molecular flexibility index (Phi) is 3.55. The fourth-order valence-corrected chi connectivity index (χ4v) is 5.16. The Labute approximate surface area is 128 Å². The lowest BCUT2D eigenvalue weighted by molar-refractivity contribution is 0.110. The maximum Gasteiger partial charge on any atom is 0.0535 e. The van der Waals surface area contributed by atoms with E-state index in [-0.39, 0.29) is 5.54 Å². The molecule has 2 bridgehead atoms. The maximum atomic E-state index is 3.76. The van der Waals surface area contributed by atoms with Gasteiger partial charge in [-0.2, -0.15) is 0 Å². The molecule has 1 aromatic carbocycles. The summed E-state index contributed by atoms with van der Waals surface area (Å²) in [6.45, 7) is 7.20. The molecular formula is C19H28N2. The highest BCUT2D eigenvalue weighted by molar-refractivity contribution is 5.24. The molecule has 0 aromatic heterocycles. The van der Waals surface area contributed by atoms with E-state index in [0.29, 0.717) is 0 Å². The third-order valence-electron chi connectivity index (χ3n) is 6.27. The molecule has 3 fully saturated rings. The van der Waals surface area contributed by atoms with Crippen molar-refractivity contribution in [2.45, 2.75) is 38.1 Å². The van der Waals surface area contributed by atoms with Gasteiger partial charge < -0.3 is 5.32 Å². The molecule has 0 spiro atoms. The predicted octanol–water partition coefficient (Wildman–Crippen LogP) is 3.24. The van der Waals surface area contributed by atoms with E-state index in [4.69, 9.17) is 0 Å². The van der Waals surface area contributed by atoms with E-state index in [1.165, 1.54) is 44.3 Å². The molecule has 0 amide bonds. The first-order valence-electron chi connectivity index (χ1n) is 8.76. The average molecular weight is 284 g/mol. The van der Waals surface area contributed by atoms with Crippen LogP contribution in [0.15, 0.2) is 30.3 Å². The van der Waals surface area contributed by atoms with Gasteiger partial charge >= 0.3 is 0 Å². The largest absolute Gasteiger partial charge is 0.305 e. The first-order chi connectivity index (χ1) is 10.2. The minimum atomic E-state index is 0.122. The quantitative estimate of drug-likeness (QED) is 0.916. The summed E-state index contributed by atoms with van der Waals surface area (Å²) < 4.78 is 0. The van der Waals surface area contributed by atoms with Crippen molar-refractivity contribution in [2.75, 3.05) is 26.2 Å². The molecule has 2 aliphatic carbocycles. The van der Waals surface area contributed by atoms with Gasteiger partial charge in [0.2, 0.25) is 0 Å². The minimum Gasteiger partial charge on any atom is -0.305 e. The van der Waals surface area contributed by atoms with Crippen molar-refractivity contribution >= 4 is 0 Å². The van der Waals surface area contributed by atoms with Gasteiger partial charge in [0.25, 0.3) is 0 Å². The second-order valence-corrected chi connectivity index (χ2v) is 7.79. The highest BCUT2D eigenvalue weighted by atomic mass is 15.2. The Morgan fingerprint density at radius 3 is 2.76 bits per heavy atom. The van der Waals surface area contributed by atoms with E-state index in [1.807, 2.05) is 0 Å². The van der Waals surface area contributed by atoms with Crippen molar-refractivity contribution < 1.29 is 0 Å². The monoisotopic (exact) mass is 284 g/mol. The lowest BCUT2D eigenvalue weighted by Crippen LogP contribution is -2.57. The predicted molar refractivity (Wildman–Crippen MR) is 87.2 cm³/mol. The van der Waals surface area contributed by atoms with Crippen LogP contribution in [0.1, 0.15) is 38.2 Å². The smallest absolute Gasteiger partial charge is 0.0535 e. The third-order valence-corrected chi connectivity index (χ3v) is 6.27. The van der Waals surface area contributed by atoms with Gasteiger partial charge in [-0.15, -0.1) is 0 Å². The Balaban J connectivity index is 1.43. The van der Waals surface area contributed by atoms with E-state index in [0.717, 1.165) is 30.8 Å². The molecule has 4 rings (SSSR count). The zero-order valence-corrected chi connectivity index (χ0v) is 13.2. The highest BCUT2D eigenvalue weighted by Crippen LogP contribution is 2.48. The number of piperazine rings is 1. The van der Waals surface area contributed by atoms with Crippen molar-refractivity contribution in [2.24, 2.45) is 17.8 Å². The average Bonchev–Trinajstić information content (AvgIpc) is 3.11. The SMILES string of the molecule is CC1(c2ccccc2)CN(CC2CC3CCC2C3)CCN1. The van der Waals surface area contributed by atoms with E-state index in [9.17, 15) is 0 Å². The Morgan fingerprint density at radius 2 is 2.05 bits per heavy atom. The summed E-state index contributed by atoms with van der Waals surface area (Å²) in [5.41, 5.74) is 1.56. The minimum absolute atomic E-state index is 0.122. The molecule has 4 atom stereocenters. The van der Waals surface area contributed by atoms with E-state index < -0.39 is 0 Å². The van der Waals surface area contributed by atoms with Gasteiger partial charge in [-0.3, -0.25) is 4.90 Å². The van der Waals surface area contributed by atoms with Gasteiger partial charge in [0.15, 0.2) is 0 Å². The number of hydrogen-bond acceptors (Lipinski definition) is 2. The first kappa shape index (κ1) is 13.8. The number of nitrogens with zero attached hydrogens (tertiary/aromatic N) is 1. The summed E-state index contributed by atoms with van der Waals surface area (Å²) in [6, 6.07) is 11.0. The molecule has 1 aromatic rings. The van der Waals surface area contributed by atoms with Crippen molar-refractivity contribution in [3.8, 4) is 0 Å². The van der Waals surface area contributed by atoms with Crippen LogP contribution < -0.4 is 5.32 Å². The zero-order chi connectivity index (χ0) is 14.3. The Bertz CT molecular complexity index is 486. The number of nitrogens with one attached hydrogen (secondary N) is 1. The van der Waals surface area contributed by atoms with Crippen LogP contribution in [-0.2, 0) is 5.54 Å². The van der Waals surface area contributed by atoms with Gasteiger partial charge in [-0.1, -0.05) is 36.8 Å². The molecule has 21 heavy (non-hydrogen) atoms. The van der Waals surface area contributed by atoms with Gasteiger partial charge in [-0.05, 0) is 49.5 Å². The molecule has 1 N–H and O–H groups in total. The third kappa shape index (κ3) is 2.64. The molecule has 2 saturated carbocycles. The van der Waals surface area contributed by atoms with E-state index >= 15 is 0 Å². The lowest BCUT2D eigenvalue weighted by atomic mass is 9.86. The summed E-state index contributed by atoms with van der Waals surface area (Å²) in [5, 5.41) is 3.76. The van der Waals surface area contributed by atoms with Gasteiger partial charge in [0.1, 0.15) is 0 Å². The molecule has 1 aliphatic heterocycles. The second kappa shape index (κ2) is 5.40. The van der Waals surface area contributed by atoms with Crippen LogP contribution in [0.5, 0.6) is 0 Å². The lowest BCUT2D eigenvalue weighted by Gasteiger charge is -2.43. The molecule has 1 heterocycles. The summed E-state index contributed by atoms with van der Waals surface area (Å²) in [7, 11) is 0. The molecule has 1 saturated heterocycles. The Hall–Kier alpha value is -0.860. The van der Waals surface area contributed by atoms with Gasteiger partial charge in [-0.25, -0.2) is 0 Å². The zero-order valence-electron chi connectivity index (χ0n) is 13.2. The molecule has 3 aliphatic rings. The normalized spacial score (nSPS) is 39.8. The number of fused-ring (bicyclic) bond motifs is 2. The maximum absolute atomic E-state index is 3.76. The summed E-state index contributed by atoms with van der Waals surface area (Å²) in [6.07, 6.45) is 6.07. The van der Waals surface area contributed by atoms with Crippen LogP contribution in [0.25, 0.3) is 0 Å². The number of benzene rings is 1. The molecule has 0 radical (unpaired) electrons.